The maximum absolute atomic E-state index is 6.60. The van der Waals surface area contributed by atoms with Gasteiger partial charge in [0.2, 0.25) is 0 Å². The number of nitrogens with zero attached hydrogens (tertiary/aromatic N) is 4. The number of hydrogen-bond acceptors (Lipinski definition) is 1. The average Bonchev–Trinajstić information content (AvgIpc) is 4.16. The van der Waals surface area contributed by atoms with Crippen LogP contribution in [0.3, 0.4) is 0 Å². The summed E-state index contributed by atoms with van der Waals surface area (Å²) in [5, 5.41) is 12.1. The second-order valence-corrected chi connectivity index (χ2v) is 17.3. The highest BCUT2D eigenvalue weighted by Crippen LogP contribution is 2.41. The van der Waals surface area contributed by atoms with E-state index in [0.717, 1.165) is 55.7 Å². The van der Waals surface area contributed by atoms with E-state index < -0.39 is 0 Å². The van der Waals surface area contributed by atoms with Crippen molar-refractivity contribution >= 4 is 109 Å². The van der Waals surface area contributed by atoms with Crippen molar-refractivity contribution in [2.24, 2.45) is 0 Å². The third-order valence-electron chi connectivity index (χ3n) is 13.9. The summed E-state index contributed by atoms with van der Waals surface area (Å²) in [6.45, 7) is 0. The molecule has 15 aromatic rings. The van der Waals surface area contributed by atoms with Crippen molar-refractivity contribution in [3.05, 3.63) is 218 Å². The molecule has 0 aliphatic rings. The third kappa shape index (κ3) is 4.76. The normalized spacial score (nSPS) is 12.3. The topological polar surface area (TPSA) is 32.9 Å². The Bertz CT molecular complexity index is 4380. The smallest absolute Gasteiger partial charge is 0.135 e. The summed E-state index contributed by atoms with van der Waals surface area (Å²) in [4.78, 5) is 0. The first-order valence-electron chi connectivity index (χ1n) is 22.3. The van der Waals surface area contributed by atoms with Gasteiger partial charge in [-0.2, -0.15) is 0 Å². The summed E-state index contributed by atoms with van der Waals surface area (Å²) in [6, 6.07) is 79.5. The van der Waals surface area contributed by atoms with Crippen LogP contribution in [-0.4, -0.2) is 18.3 Å². The number of para-hydroxylation sites is 6. The van der Waals surface area contributed by atoms with E-state index in [4.69, 9.17) is 4.42 Å². The molecule has 0 amide bonds. The Morgan fingerprint density at radius 1 is 0.200 bits per heavy atom. The van der Waals surface area contributed by atoms with Gasteiger partial charge in [-0.25, -0.2) is 0 Å². The zero-order chi connectivity index (χ0) is 42.3. The van der Waals surface area contributed by atoms with Crippen LogP contribution in [0.5, 0.6) is 0 Å². The van der Waals surface area contributed by atoms with E-state index in [2.05, 4.69) is 237 Å². The molecule has 302 valence electrons. The standard InChI is InChI=1S/C60H36N4O/c1-7-19-51-41(13-1)42-14-2-8-20-52(42)61(51)37-26-30-57-48(33-37)46-18-6-12-24-56(46)62(57)38-27-31-59-49(34-38)50-35-39(28-32-60(50)65-59)64-55-23-11-5-17-45(55)47-29-25-40(36-58(47)64)63-53-21-9-3-15-43(53)44-16-4-10-22-54(44)63/h1-36H. The lowest BCUT2D eigenvalue weighted by molar-refractivity contribution is 0.669. The van der Waals surface area contributed by atoms with Crippen molar-refractivity contribution in [1.29, 1.82) is 0 Å². The first kappa shape index (κ1) is 34.7. The molecule has 15 rings (SSSR count). The highest BCUT2D eigenvalue weighted by molar-refractivity contribution is 6.15. The molecule has 0 aliphatic carbocycles. The lowest BCUT2D eigenvalue weighted by atomic mass is 10.1. The lowest BCUT2D eigenvalue weighted by Crippen LogP contribution is -1.97. The van der Waals surface area contributed by atoms with E-state index >= 15 is 0 Å². The van der Waals surface area contributed by atoms with E-state index in [1.165, 1.54) is 76.2 Å². The Kier molecular flexibility index (Phi) is 6.89. The van der Waals surface area contributed by atoms with Crippen LogP contribution >= 0.6 is 0 Å². The second kappa shape index (κ2) is 12.9. The van der Waals surface area contributed by atoms with Crippen LogP contribution in [0.15, 0.2) is 223 Å². The number of furan rings is 1. The Morgan fingerprint density at radius 3 is 0.892 bits per heavy atom. The first-order valence-corrected chi connectivity index (χ1v) is 22.3. The fourth-order valence-corrected chi connectivity index (χ4v) is 11.2. The number of fused-ring (bicyclic) bond motifs is 15. The molecule has 65 heavy (non-hydrogen) atoms. The highest BCUT2D eigenvalue weighted by atomic mass is 16.3. The van der Waals surface area contributed by atoms with Gasteiger partial charge >= 0.3 is 0 Å². The molecule has 5 heterocycles. The van der Waals surface area contributed by atoms with Gasteiger partial charge in [0.1, 0.15) is 11.2 Å². The van der Waals surface area contributed by atoms with Crippen LogP contribution in [0.25, 0.3) is 132 Å². The van der Waals surface area contributed by atoms with Crippen molar-refractivity contribution in [2.75, 3.05) is 0 Å². The number of hydrogen-bond donors (Lipinski definition) is 0. The number of rotatable bonds is 4. The van der Waals surface area contributed by atoms with E-state index in [1.54, 1.807) is 0 Å². The van der Waals surface area contributed by atoms with Gasteiger partial charge in [-0.3, -0.25) is 0 Å². The molecule has 0 fully saturated rings. The van der Waals surface area contributed by atoms with Gasteiger partial charge in [0, 0.05) is 76.6 Å². The minimum atomic E-state index is 0.866. The predicted octanol–water partition coefficient (Wildman–Crippen LogP) is 16.0. The minimum absolute atomic E-state index is 0.866. The average molecular weight is 829 g/mol. The molecule has 0 saturated carbocycles. The van der Waals surface area contributed by atoms with E-state index in [9.17, 15) is 0 Å². The molecule has 0 saturated heterocycles. The molecule has 0 unspecified atom stereocenters. The van der Waals surface area contributed by atoms with Crippen LogP contribution in [0.2, 0.25) is 0 Å². The maximum atomic E-state index is 6.60. The van der Waals surface area contributed by atoms with Gasteiger partial charge in [-0.05, 0) is 103 Å². The molecule has 0 radical (unpaired) electrons. The molecule has 10 aromatic carbocycles. The summed E-state index contributed by atoms with van der Waals surface area (Å²) in [6.07, 6.45) is 0. The van der Waals surface area contributed by atoms with Gasteiger partial charge in [0.15, 0.2) is 0 Å². The van der Waals surface area contributed by atoms with Crippen LogP contribution in [0.4, 0.5) is 0 Å². The number of benzene rings is 10. The van der Waals surface area contributed by atoms with E-state index in [0.29, 0.717) is 0 Å². The van der Waals surface area contributed by atoms with E-state index in [-0.39, 0.29) is 0 Å². The Balaban J connectivity index is 0.919. The minimum Gasteiger partial charge on any atom is -0.456 e. The van der Waals surface area contributed by atoms with Crippen molar-refractivity contribution in [3.63, 3.8) is 0 Å². The summed E-state index contributed by atoms with van der Waals surface area (Å²) < 4.78 is 16.2. The summed E-state index contributed by atoms with van der Waals surface area (Å²) >= 11 is 0. The molecular weight excluding hydrogens is 793 g/mol. The SMILES string of the molecule is c1ccc2c(c1)c1ccccc1n2-c1ccc2c(c1)c1ccccc1n2-c1ccc2oc3ccc(-n4c5ccccc5c5ccc(-n6c7ccccc7c7ccccc76)cc54)cc3c2c1. The molecule has 5 heteroatoms. The first-order chi connectivity index (χ1) is 32.2. The van der Waals surface area contributed by atoms with Gasteiger partial charge < -0.3 is 22.7 Å². The monoisotopic (exact) mass is 828 g/mol. The zero-order valence-electron chi connectivity index (χ0n) is 35.0. The molecular formula is C60H36N4O. The Labute approximate surface area is 371 Å². The van der Waals surface area contributed by atoms with Crippen LogP contribution in [0, 0.1) is 0 Å². The molecule has 0 aliphatic heterocycles. The molecule has 0 bridgehead atoms. The van der Waals surface area contributed by atoms with Crippen LogP contribution in [-0.2, 0) is 0 Å². The highest BCUT2D eigenvalue weighted by Gasteiger charge is 2.20. The summed E-state index contributed by atoms with van der Waals surface area (Å²) in [5.74, 6) is 0. The lowest BCUT2D eigenvalue weighted by Gasteiger charge is -2.11. The fourth-order valence-electron chi connectivity index (χ4n) is 11.2. The molecule has 0 spiro atoms. The van der Waals surface area contributed by atoms with Crippen molar-refractivity contribution in [3.8, 4) is 22.7 Å². The van der Waals surface area contributed by atoms with Crippen molar-refractivity contribution < 1.29 is 4.42 Å². The summed E-state index contributed by atoms with van der Waals surface area (Å²) in [5.41, 5.74) is 15.7. The molecule has 0 N–H and O–H groups in total. The second-order valence-electron chi connectivity index (χ2n) is 17.3. The van der Waals surface area contributed by atoms with E-state index in [1.807, 2.05) is 0 Å². The van der Waals surface area contributed by atoms with Gasteiger partial charge in [0.05, 0.1) is 44.1 Å². The van der Waals surface area contributed by atoms with Crippen molar-refractivity contribution in [2.45, 2.75) is 0 Å². The molecule has 0 atom stereocenters. The largest absolute Gasteiger partial charge is 0.456 e. The van der Waals surface area contributed by atoms with Crippen LogP contribution in [0.1, 0.15) is 0 Å². The third-order valence-corrected chi connectivity index (χ3v) is 13.9. The zero-order valence-corrected chi connectivity index (χ0v) is 35.0. The maximum Gasteiger partial charge on any atom is 0.135 e. The van der Waals surface area contributed by atoms with Gasteiger partial charge in [0.25, 0.3) is 0 Å². The number of aromatic nitrogens is 4. The van der Waals surface area contributed by atoms with Crippen molar-refractivity contribution in [1.82, 2.24) is 18.3 Å². The Hall–Kier alpha value is -8.80. The van der Waals surface area contributed by atoms with Crippen LogP contribution < -0.4 is 0 Å². The van der Waals surface area contributed by atoms with Gasteiger partial charge in [-0.15, -0.1) is 0 Å². The molecule has 5 aromatic heterocycles. The predicted molar refractivity (Wildman–Crippen MR) is 271 cm³/mol. The Morgan fingerprint density at radius 2 is 0.477 bits per heavy atom. The molecule has 5 nitrogen and oxygen atoms in total. The quantitative estimate of drug-likeness (QED) is 0.174. The summed E-state index contributed by atoms with van der Waals surface area (Å²) in [7, 11) is 0. The van der Waals surface area contributed by atoms with Gasteiger partial charge in [-0.1, -0.05) is 115 Å². The fraction of sp³-hybridized carbons (Fsp3) is 0.